The van der Waals surface area contributed by atoms with E-state index in [1.54, 1.807) is 18.6 Å². The molecule has 9 heteroatoms. The molecular formula is C13H12ClNO6S. The van der Waals surface area contributed by atoms with Gasteiger partial charge in [-0.15, -0.1) is 10.2 Å². The van der Waals surface area contributed by atoms with Crippen molar-refractivity contribution in [3.8, 4) is 16.2 Å². The first-order valence-corrected chi connectivity index (χ1v) is 7.80. The fraction of sp³-hybridized carbons (Fsp3) is 0.0769. The number of ether oxygens (including phenoxy) is 1. The van der Waals surface area contributed by atoms with Gasteiger partial charge in [0.25, 0.3) is 5.91 Å². The van der Waals surface area contributed by atoms with Gasteiger partial charge in [0.15, 0.2) is 0 Å². The van der Waals surface area contributed by atoms with E-state index in [1.807, 2.05) is 30.3 Å². The van der Waals surface area contributed by atoms with E-state index < -0.39 is 16.2 Å². The second-order valence-electron chi connectivity index (χ2n) is 3.86. The molecule has 0 fully saturated rings. The van der Waals surface area contributed by atoms with Crippen LogP contribution >= 0.6 is 11.3 Å². The van der Waals surface area contributed by atoms with Crippen molar-refractivity contribution >= 4 is 17.2 Å². The summed E-state index contributed by atoms with van der Waals surface area (Å²) in [6, 6.07) is 11.4. The minimum Gasteiger partial charge on any atom is -0.497 e. The normalized spacial score (nSPS) is 10.4. The highest BCUT2D eigenvalue weighted by molar-refractivity contribution is 7.13. The van der Waals surface area contributed by atoms with Crippen molar-refractivity contribution < 1.29 is 38.4 Å². The van der Waals surface area contributed by atoms with Gasteiger partial charge < -0.3 is 10.5 Å². The molecule has 0 spiro atoms. The molecule has 0 aliphatic carbocycles. The molecule has 2 rings (SSSR count). The molecule has 0 unspecified atom stereocenters. The molecule has 0 saturated heterocycles. The Bertz CT molecular complexity index is 606. The van der Waals surface area contributed by atoms with Crippen LogP contribution < -0.4 is 29.1 Å². The van der Waals surface area contributed by atoms with E-state index in [9.17, 15) is 4.79 Å². The Morgan fingerprint density at radius 2 is 1.64 bits per heavy atom. The minimum atomic E-state index is -4.94. The highest BCUT2D eigenvalue weighted by Gasteiger charge is 2.12. The van der Waals surface area contributed by atoms with Crippen LogP contribution in [0.1, 0.15) is 10.4 Å². The Morgan fingerprint density at radius 3 is 2.00 bits per heavy atom. The molecule has 7 nitrogen and oxygen atoms in total. The number of methoxy groups -OCH3 is 1. The molecule has 1 aromatic heterocycles. The number of carbonyl (C=O) groups excluding carboxylic acids is 1. The summed E-state index contributed by atoms with van der Waals surface area (Å²) in [6.45, 7) is 0. The van der Waals surface area contributed by atoms with E-state index in [1.165, 1.54) is 11.3 Å². The van der Waals surface area contributed by atoms with E-state index in [0.717, 1.165) is 16.2 Å². The summed E-state index contributed by atoms with van der Waals surface area (Å²) in [7, 11) is -3.31. The van der Waals surface area contributed by atoms with Gasteiger partial charge >= 0.3 is 0 Å². The number of benzene rings is 1. The number of halogens is 1. The molecule has 0 aliphatic rings. The molecule has 0 aliphatic heterocycles. The lowest BCUT2D eigenvalue weighted by atomic mass is 10.2. The predicted molar refractivity (Wildman–Crippen MR) is 69.2 cm³/mol. The maximum absolute atomic E-state index is 10.9. The Kier molecular flexibility index (Phi) is 6.62. The molecule has 2 aromatic rings. The van der Waals surface area contributed by atoms with Crippen LogP contribution in [-0.2, 0) is 0 Å². The molecule has 0 bridgehead atoms. The number of rotatable bonds is 3. The zero-order valence-electron chi connectivity index (χ0n) is 11.4. The van der Waals surface area contributed by atoms with Gasteiger partial charge in [-0.3, -0.25) is 4.79 Å². The number of hydrogen-bond donors (Lipinski definition) is 1. The summed E-state index contributed by atoms with van der Waals surface area (Å²) in [4.78, 5) is 12.0. The average Bonchev–Trinajstić information content (AvgIpc) is 2.46. The topological polar surface area (TPSA) is 145 Å². The van der Waals surface area contributed by atoms with Crippen LogP contribution in [-0.4, -0.2) is 13.0 Å². The molecule has 0 atom stereocenters. The molecule has 1 aromatic carbocycles. The van der Waals surface area contributed by atoms with Gasteiger partial charge in [0, 0.05) is 11.6 Å². The van der Waals surface area contributed by atoms with Gasteiger partial charge in [-0.25, -0.2) is 18.6 Å². The van der Waals surface area contributed by atoms with Gasteiger partial charge in [-0.05, 0) is 30.3 Å². The third kappa shape index (κ3) is 6.76. The summed E-state index contributed by atoms with van der Waals surface area (Å²) in [5.74, 6) is 0.426. The smallest absolute Gasteiger partial charge is 0.253 e. The van der Waals surface area contributed by atoms with E-state index in [-0.39, 0.29) is 0 Å². The second kappa shape index (κ2) is 7.99. The fourth-order valence-corrected chi connectivity index (χ4v) is 2.30. The summed E-state index contributed by atoms with van der Waals surface area (Å²) in [5, 5.41) is 1.77. The predicted octanol–water partition coefficient (Wildman–Crippen LogP) is -1.95. The van der Waals surface area contributed by atoms with Crippen molar-refractivity contribution in [3.63, 3.8) is 0 Å². The summed E-state index contributed by atoms with van der Waals surface area (Å²) in [5.41, 5.74) is 6.82. The zero-order valence-corrected chi connectivity index (χ0v) is 12.9. The number of carbonyl (C=O) groups is 1. The number of amides is 1. The third-order valence-corrected chi connectivity index (χ3v) is 3.38. The summed E-state index contributed by atoms with van der Waals surface area (Å²) >= 11 is 1.49. The highest BCUT2D eigenvalue weighted by atomic mass is 35.7. The maximum Gasteiger partial charge on any atom is 0.253 e. The van der Waals surface area contributed by atoms with Crippen LogP contribution in [0.4, 0.5) is 0 Å². The van der Waals surface area contributed by atoms with Crippen LogP contribution in [0, 0.1) is 10.2 Å². The van der Waals surface area contributed by atoms with Crippen molar-refractivity contribution in [2.45, 2.75) is 0 Å². The first-order chi connectivity index (χ1) is 10.2. The Labute approximate surface area is 132 Å². The van der Waals surface area contributed by atoms with Crippen molar-refractivity contribution in [2.24, 2.45) is 5.73 Å². The largest absolute Gasteiger partial charge is 0.497 e. The van der Waals surface area contributed by atoms with E-state index in [0.29, 0.717) is 5.56 Å². The van der Waals surface area contributed by atoms with Crippen molar-refractivity contribution in [1.82, 2.24) is 0 Å². The summed E-state index contributed by atoms with van der Waals surface area (Å²) in [6.07, 6.45) is 0. The quantitative estimate of drug-likeness (QED) is 0.640. The van der Waals surface area contributed by atoms with E-state index >= 15 is 0 Å². The van der Waals surface area contributed by atoms with Crippen molar-refractivity contribution in [2.75, 3.05) is 7.11 Å². The first-order valence-electron chi connectivity index (χ1n) is 5.68. The maximum atomic E-state index is 10.9. The van der Waals surface area contributed by atoms with Gasteiger partial charge in [-0.1, -0.05) is 0 Å². The average molecular weight is 346 g/mol. The molecule has 118 valence electrons. The highest BCUT2D eigenvalue weighted by Crippen LogP contribution is 2.26. The fourth-order valence-electron chi connectivity index (χ4n) is 1.43. The lowest BCUT2D eigenvalue weighted by molar-refractivity contribution is -2.00. The lowest BCUT2D eigenvalue weighted by Crippen LogP contribution is -2.68. The molecule has 1 amide bonds. The van der Waals surface area contributed by atoms with E-state index in [4.69, 9.17) is 29.1 Å². The SMILES string of the molecule is COc1ccc(-c2ccc(C(N)=O)c[s+]2)cc1.[O-][Cl+3]([O-])([O-])[O-]. The van der Waals surface area contributed by atoms with Crippen LogP contribution in [0.15, 0.2) is 41.8 Å². The van der Waals surface area contributed by atoms with Crippen molar-refractivity contribution in [3.05, 3.63) is 47.3 Å². The van der Waals surface area contributed by atoms with Gasteiger partial charge in [0.1, 0.15) is 5.75 Å². The van der Waals surface area contributed by atoms with E-state index in [2.05, 4.69) is 0 Å². The van der Waals surface area contributed by atoms with Gasteiger partial charge in [0.2, 0.25) is 21.6 Å². The Balaban J connectivity index is 0.000000422. The molecule has 22 heavy (non-hydrogen) atoms. The van der Waals surface area contributed by atoms with Gasteiger partial charge in [0.05, 0.1) is 12.7 Å². The standard InChI is InChI=1S/C13H11NO2S.ClHO4/c1-16-11-5-2-9(3-6-11)12-7-4-10(8-17-12)13(14)15;2-1(3,4)5/h2-8H,1H3,(H-,14,15);(H,2,3,4,5). The Hall–Kier alpha value is -1.81. The van der Waals surface area contributed by atoms with Crippen LogP contribution in [0.3, 0.4) is 0 Å². The van der Waals surface area contributed by atoms with Crippen LogP contribution in [0.2, 0.25) is 0 Å². The molecular weight excluding hydrogens is 334 g/mol. The number of nitrogens with two attached hydrogens (primary N) is 1. The monoisotopic (exact) mass is 345 g/mol. The summed E-state index contributed by atoms with van der Waals surface area (Å²) < 4.78 is 39.1. The molecule has 2 N–H and O–H groups in total. The minimum absolute atomic E-state index is 0.400. The third-order valence-electron chi connectivity index (χ3n) is 2.39. The zero-order chi connectivity index (χ0) is 16.8. The number of hydrogen-bond acceptors (Lipinski definition) is 6. The molecule has 0 saturated carbocycles. The molecule has 1 heterocycles. The van der Waals surface area contributed by atoms with Crippen molar-refractivity contribution in [1.29, 1.82) is 0 Å². The first kappa shape index (κ1) is 18.2. The van der Waals surface area contributed by atoms with Crippen LogP contribution in [0.5, 0.6) is 5.75 Å². The number of primary amides is 1. The second-order valence-corrected chi connectivity index (χ2v) is 5.53. The van der Waals surface area contributed by atoms with Crippen LogP contribution in [0.25, 0.3) is 10.4 Å². The Morgan fingerprint density at radius 1 is 1.09 bits per heavy atom. The van der Waals surface area contributed by atoms with Gasteiger partial charge in [-0.2, -0.15) is 0 Å². The lowest BCUT2D eigenvalue weighted by Gasteiger charge is -2.17. The molecule has 0 radical (unpaired) electrons.